The van der Waals surface area contributed by atoms with Crippen molar-refractivity contribution in [2.45, 2.75) is 301 Å². The van der Waals surface area contributed by atoms with Crippen LogP contribution in [-0.4, -0.2) is 52.5 Å². The van der Waals surface area contributed by atoms with E-state index in [-0.39, 0.29) is 134 Å². The Bertz CT molecular complexity index is 3620. The van der Waals surface area contributed by atoms with Gasteiger partial charge in [-0.1, -0.05) is 230 Å². The van der Waals surface area contributed by atoms with E-state index in [1.165, 1.54) is 5.56 Å². The van der Waals surface area contributed by atoms with Crippen molar-refractivity contribution in [2.24, 2.45) is 0 Å². The summed E-state index contributed by atoms with van der Waals surface area (Å²) in [6.07, 6.45) is 1.21. The lowest BCUT2D eigenvalue weighted by Gasteiger charge is -2.31. The first-order valence-electron chi connectivity index (χ1n) is 35.5. The van der Waals surface area contributed by atoms with Gasteiger partial charge in [0.2, 0.25) is 0 Å². The molecule has 530 valence electrons. The summed E-state index contributed by atoms with van der Waals surface area (Å²) in [7, 11) is 0. The lowest BCUT2D eigenvalue weighted by atomic mass is 9.75. The van der Waals surface area contributed by atoms with E-state index in [4.69, 9.17) is 14.2 Å². The minimum Gasteiger partial charge on any atom is -0.507 e. The fraction of sp³-hybridized carbons (Fsp3) is 0.557. The fourth-order valence-electron chi connectivity index (χ4n) is 13.3. The van der Waals surface area contributed by atoms with Crippen LogP contribution in [0.15, 0.2) is 72.8 Å². The van der Waals surface area contributed by atoms with E-state index >= 15 is 0 Å². The second-order valence-corrected chi connectivity index (χ2v) is 37.4. The fourth-order valence-corrected chi connectivity index (χ4v) is 13.3. The molecule has 0 saturated heterocycles. The Hall–Kier alpha value is -6.87. The van der Waals surface area contributed by atoms with Crippen LogP contribution in [0.4, 0.5) is 0 Å². The van der Waals surface area contributed by atoms with Crippen LogP contribution in [0.3, 0.4) is 0 Å². The second-order valence-electron chi connectivity index (χ2n) is 37.4. The topological polar surface area (TPSA) is 140 Å². The van der Waals surface area contributed by atoms with Crippen LogP contribution in [0, 0.1) is 20.8 Å². The first kappa shape index (κ1) is 79.1. The Morgan fingerprint density at radius 1 is 0.309 bits per heavy atom. The molecule has 97 heavy (non-hydrogen) atoms. The van der Waals surface area contributed by atoms with Gasteiger partial charge in [0.25, 0.3) is 0 Å². The summed E-state index contributed by atoms with van der Waals surface area (Å²) in [5.74, 6) is 2.82. The SMILES string of the molecule is Cc1cc(C(C)CC(c2cc(C)c(OCCC(=O)c3cc(C(C)(C)C)c(O)c(C(C)(C)C)c3)c(C(C)(C)C)c2)c2cc(C)c(OCCC(=O)c3cc(C(C)(C)C)c(O)c(C(C)(C)C)c3)c(C(C)(C)C)c2)cc(C(C)(C)C)c1OCCC(=O)c1cc(C(C)(C)C)c(O)c(C(C)(C)C)c1. The highest BCUT2D eigenvalue weighted by atomic mass is 16.5. The Morgan fingerprint density at radius 3 is 0.711 bits per heavy atom. The van der Waals surface area contributed by atoms with Crippen molar-refractivity contribution in [2.75, 3.05) is 19.8 Å². The summed E-state index contributed by atoms with van der Waals surface area (Å²) < 4.78 is 20.4. The van der Waals surface area contributed by atoms with E-state index in [0.29, 0.717) is 16.7 Å². The molecule has 0 aliphatic heterocycles. The van der Waals surface area contributed by atoms with E-state index in [2.05, 4.69) is 251 Å². The standard InChI is InChI=1S/C88H124O9/c1-51(55-38-52(2)77(68(42-55)86(23,24)25)95-35-32-71(89)58-45-62(80(5,6)7)74(92)63(46-58)81(8,9)10)41-61(56-39-53(3)78(69(43-56)87(26,27)28)96-36-33-72(90)59-47-64(82(11,12)13)75(93)65(48-59)83(14,15)16)57-40-54(4)79(70(44-57)88(29,30)31)97-37-34-73(91)60-49-66(84(17,18)19)76(94)67(50-60)85(20,21)22/h38-40,42-51,61,92-94H,32-37,41H2,1-31H3. The van der Waals surface area contributed by atoms with Crippen molar-refractivity contribution in [3.05, 3.63) is 173 Å². The van der Waals surface area contributed by atoms with Gasteiger partial charge in [-0.15, -0.1) is 0 Å². The van der Waals surface area contributed by atoms with E-state index in [1.54, 1.807) is 0 Å². The molecule has 1 atom stereocenters. The minimum atomic E-state index is -0.383. The molecule has 0 aliphatic rings. The Morgan fingerprint density at radius 2 is 0.505 bits per heavy atom. The summed E-state index contributed by atoms with van der Waals surface area (Å²) in [5, 5.41) is 34.4. The predicted molar refractivity (Wildman–Crippen MR) is 404 cm³/mol. The van der Waals surface area contributed by atoms with Gasteiger partial charge >= 0.3 is 0 Å². The van der Waals surface area contributed by atoms with E-state index in [1.807, 2.05) is 36.4 Å². The van der Waals surface area contributed by atoms with Gasteiger partial charge in [0.1, 0.15) is 34.5 Å². The molecule has 0 amide bonds. The average molecular weight is 1330 g/mol. The number of hydrogen-bond acceptors (Lipinski definition) is 9. The number of benzene rings is 6. The van der Waals surface area contributed by atoms with Gasteiger partial charge in [-0.2, -0.15) is 0 Å². The van der Waals surface area contributed by atoms with Crippen molar-refractivity contribution < 1.29 is 43.9 Å². The van der Waals surface area contributed by atoms with Gasteiger partial charge in [-0.25, -0.2) is 0 Å². The first-order valence-corrected chi connectivity index (χ1v) is 35.5. The van der Waals surface area contributed by atoms with Gasteiger partial charge in [0.05, 0.1) is 19.8 Å². The van der Waals surface area contributed by atoms with Gasteiger partial charge < -0.3 is 29.5 Å². The first-order chi connectivity index (χ1) is 43.9. The van der Waals surface area contributed by atoms with Gasteiger partial charge in [0.15, 0.2) is 17.3 Å². The van der Waals surface area contributed by atoms with Crippen LogP contribution >= 0.6 is 0 Å². The van der Waals surface area contributed by atoms with Crippen LogP contribution in [0.1, 0.15) is 346 Å². The third kappa shape index (κ3) is 18.9. The number of ketones is 3. The molecule has 0 aliphatic carbocycles. The molecule has 9 nitrogen and oxygen atoms in total. The lowest BCUT2D eigenvalue weighted by molar-refractivity contribution is 0.0952. The van der Waals surface area contributed by atoms with Crippen molar-refractivity contribution in [1.29, 1.82) is 0 Å². The summed E-state index contributed by atoms with van der Waals surface area (Å²) in [5.41, 5.74) is 12.4. The summed E-state index contributed by atoms with van der Waals surface area (Å²) in [4.78, 5) is 42.7. The molecule has 6 rings (SSSR count). The zero-order valence-electron chi connectivity index (χ0n) is 65.8. The third-order valence-corrected chi connectivity index (χ3v) is 19.1. The average Bonchev–Trinajstić information content (AvgIpc) is 0.786. The molecule has 0 heterocycles. The molecule has 0 spiro atoms. The molecule has 0 fully saturated rings. The smallest absolute Gasteiger partial charge is 0.166 e. The Balaban J connectivity index is 1.43. The maximum atomic E-state index is 14.3. The molecular formula is C88H124O9. The monoisotopic (exact) mass is 1320 g/mol. The number of hydrogen-bond donors (Lipinski definition) is 3. The maximum Gasteiger partial charge on any atom is 0.166 e. The zero-order valence-corrected chi connectivity index (χ0v) is 65.8. The molecule has 6 aromatic rings. The van der Waals surface area contributed by atoms with E-state index in [9.17, 15) is 29.7 Å². The van der Waals surface area contributed by atoms with E-state index < -0.39 is 0 Å². The maximum absolute atomic E-state index is 14.3. The molecule has 0 radical (unpaired) electrons. The number of ether oxygens (including phenoxy) is 3. The van der Waals surface area contributed by atoms with Crippen LogP contribution in [0.2, 0.25) is 0 Å². The van der Waals surface area contributed by atoms with Gasteiger partial charge in [-0.05, 0) is 152 Å². The molecular weight excluding hydrogens is 1200 g/mol. The molecule has 9 heteroatoms. The van der Waals surface area contributed by atoms with Gasteiger partial charge in [-0.3, -0.25) is 14.4 Å². The molecule has 3 N–H and O–H groups in total. The summed E-state index contributed by atoms with van der Waals surface area (Å²) in [6.45, 7) is 66.1. The quantitative estimate of drug-likeness (QED) is 0.0638. The summed E-state index contributed by atoms with van der Waals surface area (Å²) >= 11 is 0. The number of phenolic OH excluding ortho intramolecular Hbond substituents is 3. The van der Waals surface area contributed by atoms with Gasteiger partial charge in [0, 0.05) is 91.9 Å². The van der Waals surface area contributed by atoms with Crippen LogP contribution < -0.4 is 14.2 Å². The Kier molecular flexibility index (Phi) is 23.2. The van der Waals surface area contributed by atoms with Crippen LogP contribution in [-0.2, 0) is 48.7 Å². The minimum absolute atomic E-state index is 0.0274. The van der Waals surface area contributed by atoms with Crippen molar-refractivity contribution >= 4 is 17.3 Å². The normalized spacial score (nSPS) is 13.5. The van der Waals surface area contributed by atoms with Crippen molar-refractivity contribution in [3.63, 3.8) is 0 Å². The number of phenols is 3. The second kappa shape index (κ2) is 28.4. The van der Waals surface area contributed by atoms with E-state index in [0.717, 1.165) is 102 Å². The van der Waals surface area contributed by atoms with Crippen molar-refractivity contribution in [1.82, 2.24) is 0 Å². The largest absolute Gasteiger partial charge is 0.507 e. The number of aromatic hydroxyl groups is 3. The molecule has 6 aromatic carbocycles. The number of carbonyl (C=O) groups is 3. The van der Waals surface area contributed by atoms with Crippen molar-refractivity contribution in [3.8, 4) is 34.5 Å². The highest BCUT2D eigenvalue weighted by molar-refractivity contribution is 5.98. The lowest BCUT2D eigenvalue weighted by Crippen LogP contribution is -2.20. The highest BCUT2D eigenvalue weighted by Gasteiger charge is 2.35. The van der Waals surface area contributed by atoms with Crippen LogP contribution in [0.5, 0.6) is 34.5 Å². The highest BCUT2D eigenvalue weighted by Crippen LogP contribution is 2.48. The van der Waals surface area contributed by atoms with Crippen LogP contribution in [0.25, 0.3) is 0 Å². The molecule has 0 bridgehead atoms. The molecule has 1 unspecified atom stereocenters. The Labute approximate surface area is 586 Å². The predicted octanol–water partition coefficient (Wildman–Crippen LogP) is 22.7. The number of carbonyl (C=O) groups excluding carboxylic acids is 3. The summed E-state index contributed by atoms with van der Waals surface area (Å²) in [6, 6.07) is 24.9. The zero-order chi connectivity index (χ0) is 73.8. The number of Topliss-reactive ketones (excluding diaryl/α,β-unsaturated/α-hetero) is 3. The molecule has 0 saturated carbocycles. The number of rotatable bonds is 20. The third-order valence-electron chi connectivity index (χ3n) is 19.1. The number of aryl methyl sites for hydroxylation is 3. The molecule has 0 aromatic heterocycles.